The first-order chi connectivity index (χ1) is 12.8. The van der Waals surface area contributed by atoms with Gasteiger partial charge in [0.2, 0.25) is 0 Å². The number of ether oxygens (including phenoxy) is 3. The van der Waals surface area contributed by atoms with E-state index in [0.29, 0.717) is 12.5 Å². The molecule has 1 aliphatic rings. The van der Waals surface area contributed by atoms with Gasteiger partial charge in [-0.05, 0) is 52.0 Å². The Labute approximate surface area is 161 Å². The summed E-state index contributed by atoms with van der Waals surface area (Å²) < 4.78 is 16.2. The van der Waals surface area contributed by atoms with Crippen LogP contribution in [0.5, 0.6) is 0 Å². The maximum Gasteiger partial charge on any atom is 0.408 e. The van der Waals surface area contributed by atoms with Crippen molar-refractivity contribution in [1.82, 2.24) is 5.32 Å². The minimum atomic E-state index is -0.730. The van der Waals surface area contributed by atoms with Crippen LogP contribution in [0.1, 0.15) is 58.9 Å². The molecule has 1 aliphatic heterocycles. The van der Waals surface area contributed by atoms with Crippen LogP contribution < -0.4 is 5.32 Å². The highest BCUT2D eigenvalue weighted by molar-refractivity contribution is 5.81. The van der Waals surface area contributed by atoms with Crippen LogP contribution in [0.3, 0.4) is 0 Å². The number of hydrogen-bond acceptors (Lipinski definition) is 5. The zero-order chi connectivity index (χ0) is 19.9. The molecule has 1 heterocycles. The lowest BCUT2D eigenvalue weighted by atomic mass is 10.1. The fourth-order valence-corrected chi connectivity index (χ4v) is 2.84. The lowest BCUT2D eigenvalue weighted by Gasteiger charge is -2.24. The lowest BCUT2D eigenvalue weighted by Crippen LogP contribution is -2.44. The monoisotopic (exact) mass is 377 g/mol. The molecule has 1 fully saturated rings. The van der Waals surface area contributed by atoms with Gasteiger partial charge in [0.25, 0.3) is 0 Å². The Bertz CT molecular complexity index is 611. The SMILES string of the molecule is CC[C@@H]1O[C@H]1CCC[C@H](NC(=O)OCc1ccccc1)C(=O)OC(C)(C)C. The quantitative estimate of drug-likeness (QED) is 0.520. The average molecular weight is 377 g/mol. The van der Waals surface area contributed by atoms with Gasteiger partial charge in [-0.15, -0.1) is 0 Å². The Hall–Kier alpha value is -2.08. The van der Waals surface area contributed by atoms with Gasteiger partial charge in [-0.2, -0.15) is 0 Å². The number of carbonyl (C=O) groups excluding carboxylic acids is 2. The van der Waals surface area contributed by atoms with Crippen molar-refractivity contribution in [3.8, 4) is 0 Å². The van der Waals surface area contributed by atoms with Gasteiger partial charge in [-0.3, -0.25) is 0 Å². The van der Waals surface area contributed by atoms with E-state index in [4.69, 9.17) is 14.2 Å². The van der Waals surface area contributed by atoms with Gasteiger partial charge in [-0.25, -0.2) is 9.59 Å². The number of nitrogens with one attached hydrogen (secondary N) is 1. The molecule has 1 aromatic rings. The van der Waals surface area contributed by atoms with Gasteiger partial charge in [0.15, 0.2) is 0 Å². The second-order valence-corrected chi connectivity index (χ2v) is 7.84. The normalized spacial score (nSPS) is 19.9. The number of carbonyl (C=O) groups is 2. The molecule has 0 aliphatic carbocycles. The van der Waals surface area contributed by atoms with Crippen LogP contribution in [0, 0.1) is 0 Å². The molecule has 0 radical (unpaired) electrons. The van der Waals surface area contributed by atoms with E-state index in [9.17, 15) is 9.59 Å². The summed E-state index contributed by atoms with van der Waals surface area (Å²) in [5.41, 5.74) is 0.274. The number of rotatable bonds is 9. The van der Waals surface area contributed by atoms with Crippen LogP contribution in [0.2, 0.25) is 0 Å². The zero-order valence-corrected chi connectivity index (χ0v) is 16.7. The molecule has 1 N–H and O–H groups in total. The van der Waals surface area contributed by atoms with E-state index in [2.05, 4.69) is 12.2 Å². The largest absolute Gasteiger partial charge is 0.458 e. The van der Waals surface area contributed by atoms with E-state index >= 15 is 0 Å². The summed E-state index contributed by atoms with van der Waals surface area (Å²) >= 11 is 0. The van der Waals surface area contributed by atoms with Crippen LogP contribution in [-0.4, -0.2) is 35.9 Å². The van der Waals surface area contributed by atoms with Crippen molar-refractivity contribution >= 4 is 12.1 Å². The maximum atomic E-state index is 12.5. The van der Waals surface area contributed by atoms with Crippen molar-refractivity contribution in [2.24, 2.45) is 0 Å². The number of esters is 1. The van der Waals surface area contributed by atoms with Crippen LogP contribution in [0.4, 0.5) is 4.79 Å². The van der Waals surface area contributed by atoms with Crippen molar-refractivity contribution in [3.63, 3.8) is 0 Å². The van der Waals surface area contributed by atoms with E-state index in [-0.39, 0.29) is 12.7 Å². The van der Waals surface area contributed by atoms with Crippen molar-refractivity contribution in [2.45, 2.75) is 83.8 Å². The first kappa shape index (κ1) is 21.2. The van der Waals surface area contributed by atoms with E-state index in [1.807, 2.05) is 30.3 Å². The Morgan fingerprint density at radius 1 is 1.19 bits per heavy atom. The third-order valence-electron chi connectivity index (χ3n) is 4.27. The van der Waals surface area contributed by atoms with E-state index < -0.39 is 23.7 Å². The zero-order valence-electron chi connectivity index (χ0n) is 16.7. The molecule has 150 valence electrons. The molecule has 3 atom stereocenters. The molecular formula is C21H31NO5. The molecule has 1 amide bonds. The molecule has 6 heteroatoms. The van der Waals surface area contributed by atoms with E-state index in [1.165, 1.54) is 0 Å². The standard InChI is InChI=1S/C21H31NO5/c1-5-17-18(26-17)13-9-12-16(19(23)27-21(2,3)4)22-20(24)25-14-15-10-7-6-8-11-15/h6-8,10-11,16-18H,5,9,12-14H2,1-4H3,(H,22,24)/t16-,17-,18-/m0/s1. The molecular weight excluding hydrogens is 346 g/mol. The second-order valence-electron chi connectivity index (χ2n) is 7.84. The van der Waals surface area contributed by atoms with Gasteiger partial charge < -0.3 is 19.5 Å². The van der Waals surface area contributed by atoms with Gasteiger partial charge in [0, 0.05) is 0 Å². The molecule has 6 nitrogen and oxygen atoms in total. The lowest BCUT2D eigenvalue weighted by molar-refractivity contribution is -0.157. The van der Waals surface area contributed by atoms with Crippen molar-refractivity contribution < 1.29 is 23.8 Å². The highest BCUT2D eigenvalue weighted by atomic mass is 16.6. The molecule has 0 saturated carbocycles. The average Bonchev–Trinajstić information content (AvgIpc) is 3.37. The molecule has 1 aromatic carbocycles. The summed E-state index contributed by atoms with van der Waals surface area (Å²) in [4.78, 5) is 24.6. The van der Waals surface area contributed by atoms with Gasteiger partial charge in [0.05, 0.1) is 12.2 Å². The molecule has 0 spiro atoms. The summed E-state index contributed by atoms with van der Waals surface area (Å²) in [5, 5.41) is 2.65. The predicted octanol–water partition coefficient (Wildman–Crippen LogP) is 3.97. The Kier molecular flexibility index (Phi) is 7.66. The summed E-state index contributed by atoms with van der Waals surface area (Å²) in [6.07, 6.45) is 3.13. The Morgan fingerprint density at radius 2 is 1.89 bits per heavy atom. The first-order valence-electron chi connectivity index (χ1n) is 9.64. The molecule has 2 rings (SSSR count). The van der Waals surface area contributed by atoms with Crippen LogP contribution >= 0.6 is 0 Å². The molecule has 0 aromatic heterocycles. The highest BCUT2D eigenvalue weighted by Crippen LogP contribution is 2.29. The van der Waals surface area contributed by atoms with Crippen LogP contribution in [0.25, 0.3) is 0 Å². The number of alkyl carbamates (subject to hydrolysis) is 1. The van der Waals surface area contributed by atoms with Gasteiger partial charge in [-0.1, -0.05) is 37.3 Å². The van der Waals surface area contributed by atoms with Crippen LogP contribution in [-0.2, 0) is 25.6 Å². The number of amides is 1. The first-order valence-corrected chi connectivity index (χ1v) is 9.64. The number of hydrogen-bond donors (Lipinski definition) is 1. The summed E-state index contributed by atoms with van der Waals surface area (Å²) in [5.74, 6) is -0.442. The highest BCUT2D eigenvalue weighted by Gasteiger charge is 2.36. The summed E-state index contributed by atoms with van der Waals surface area (Å²) in [7, 11) is 0. The second kappa shape index (κ2) is 9.74. The topological polar surface area (TPSA) is 77.2 Å². The number of benzene rings is 1. The molecule has 0 unspecified atom stereocenters. The Balaban J connectivity index is 1.83. The minimum absolute atomic E-state index is 0.155. The van der Waals surface area contributed by atoms with Crippen molar-refractivity contribution in [2.75, 3.05) is 0 Å². The van der Waals surface area contributed by atoms with Crippen molar-refractivity contribution in [1.29, 1.82) is 0 Å². The predicted molar refractivity (Wildman–Crippen MR) is 102 cm³/mol. The molecule has 27 heavy (non-hydrogen) atoms. The third kappa shape index (κ3) is 7.99. The summed E-state index contributed by atoms with van der Waals surface area (Å²) in [6, 6.07) is 8.67. The van der Waals surface area contributed by atoms with Gasteiger partial charge >= 0.3 is 12.1 Å². The van der Waals surface area contributed by atoms with Gasteiger partial charge in [0.1, 0.15) is 18.2 Å². The maximum absolute atomic E-state index is 12.5. The number of epoxide rings is 1. The third-order valence-corrected chi connectivity index (χ3v) is 4.27. The molecule has 1 saturated heterocycles. The molecule has 0 bridgehead atoms. The van der Waals surface area contributed by atoms with Crippen molar-refractivity contribution in [3.05, 3.63) is 35.9 Å². The summed E-state index contributed by atoms with van der Waals surface area (Å²) in [6.45, 7) is 7.67. The smallest absolute Gasteiger partial charge is 0.408 e. The van der Waals surface area contributed by atoms with E-state index in [0.717, 1.165) is 24.8 Å². The van der Waals surface area contributed by atoms with E-state index in [1.54, 1.807) is 20.8 Å². The van der Waals surface area contributed by atoms with Crippen LogP contribution in [0.15, 0.2) is 30.3 Å². The fourth-order valence-electron chi connectivity index (χ4n) is 2.84. The Morgan fingerprint density at radius 3 is 2.48 bits per heavy atom. The minimum Gasteiger partial charge on any atom is -0.458 e. The fraction of sp³-hybridized carbons (Fsp3) is 0.619.